The Morgan fingerprint density at radius 3 is 1.74 bits per heavy atom. The van der Waals surface area contributed by atoms with Gasteiger partial charge in [0.2, 0.25) is 0 Å². The van der Waals surface area contributed by atoms with Gasteiger partial charge >= 0.3 is 0 Å². The quantitative estimate of drug-likeness (QED) is 0.360. The van der Waals surface area contributed by atoms with Crippen molar-refractivity contribution in [3.63, 3.8) is 0 Å². The SMILES string of the molecule is CCN=C(NC1C2CCCOC2C1(C)C)NC1C2CCCOC2C1(C)C.I. The van der Waals surface area contributed by atoms with Crippen LogP contribution in [0.4, 0.5) is 0 Å². The van der Waals surface area contributed by atoms with Crippen LogP contribution in [-0.2, 0) is 9.47 Å². The van der Waals surface area contributed by atoms with Crippen molar-refractivity contribution in [1.82, 2.24) is 10.6 Å². The predicted octanol–water partition coefficient (Wildman–Crippen LogP) is 3.57. The number of guanidine groups is 1. The van der Waals surface area contributed by atoms with E-state index in [-0.39, 0.29) is 34.8 Å². The number of aliphatic imine (C=N–C) groups is 1. The molecule has 0 aromatic heterocycles. The van der Waals surface area contributed by atoms with Gasteiger partial charge in [0.15, 0.2) is 5.96 Å². The fraction of sp³-hybridized carbons (Fsp3) is 0.952. The summed E-state index contributed by atoms with van der Waals surface area (Å²) in [5, 5.41) is 7.59. The molecule has 6 unspecified atom stereocenters. The Kier molecular flexibility index (Phi) is 6.39. The van der Waals surface area contributed by atoms with Crippen LogP contribution < -0.4 is 10.6 Å². The lowest BCUT2D eigenvalue weighted by Crippen LogP contribution is -2.74. The van der Waals surface area contributed by atoms with Crippen LogP contribution in [0, 0.1) is 22.7 Å². The molecule has 4 fully saturated rings. The van der Waals surface area contributed by atoms with E-state index in [0.29, 0.717) is 36.1 Å². The number of rotatable bonds is 3. The maximum atomic E-state index is 6.06. The molecule has 2 heterocycles. The first kappa shape index (κ1) is 21.6. The zero-order chi connectivity index (χ0) is 18.5. The molecule has 0 radical (unpaired) electrons. The van der Waals surface area contributed by atoms with Crippen molar-refractivity contribution in [1.29, 1.82) is 0 Å². The normalized spacial score (nSPS) is 40.8. The van der Waals surface area contributed by atoms with E-state index in [0.717, 1.165) is 25.7 Å². The molecule has 2 aliphatic carbocycles. The second-order valence-electron chi connectivity index (χ2n) is 9.90. The molecule has 5 nitrogen and oxygen atoms in total. The van der Waals surface area contributed by atoms with Gasteiger partial charge < -0.3 is 20.1 Å². The average Bonchev–Trinajstić information content (AvgIpc) is 2.63. The Morgan fingerprint density at radius 1 is 0.889 bits per heavy atom. The van der Waals surface area contributed by atoms with E-state index in [1.165, 1.54) is 25.7 Å². The van der Waals surface area contributed by atoms with Crippen LogP contribution in [0.25, 0.3) is 0 Å². The van der Waals surface area contributed by atoms with E-state index < -0.39 is 0 Å². The van der Waals surface area contributed by atoms with Gasteiger partial charge in [0.25, 0.3) is 0 Å². The highest BCUT2D eigenvalue weighted by Crippen LogP contribution is 2.52. The van der Waals surface area contributed by atoms with E-state index in [1.807, 2.05) is 0 Å². The van der Waals surface area contributed by atoms with E-state index in [4.69, 9.17) is 14.5 Å². The van der Waals surface area contributed by atoms with Crippen LogP contribution in [0.2, 0.25) is 0 Å². The molecule has 6 atom stereocenters. The van der Waals surface area contributed by atoms with Crippen LogP contribution in [0.3, 0.4) is 0 Å². The van der Waals surface area contributed by atoms with E-state index in [9.17, 15) is 0 Å². The molecular weight excluding hydrogens is 453 g/mol. The second-order valence-corrected chi connectivity index (χ2v) is 9.90. The fourth-order valence-electron chi connectivity index (χ4n) is 6.22. The molecule has 2 saturated heterocycles. The highest BCUT2D eigenvalue weighted by atomic mass is 127. The molecule has 0 aromatic carbocycles. The summed E-state index contributed by atoms with van der Waals surface area (Å²) in [4.78, 5) is 4.79. The Hall–Kier alpha value is -0.0800. The standard InChI is InChI=1S/C21H37N3O2.HI/c1-6-22-19(23-15-13-9-7-11-25-17(13)20(15,2)3)24-16-14-10-8-12-26-18(14)21(16,4)5;/h13-18H,6-12H2,1-5H3,(H2,22,23,24);1H. The monoisotopic (exact) mass is 491 g/mol. The lowest BCUT2D eigenvalue weighted by Gasteiger charge is -2.62. The summed E-state index contributed by atoms with van der Waals surface area (Å²) >= 11 is 0. The summed E-state index contributed by atoms with van der Waals surface area (Å²) in [5.41, 5.74) is 0.319. The third-order valence-electron chi connectivity index (χ3n) is 7.56. The molecule has 2 aliphatic heterocycles. The lowest BCUT2D eigenvalue weighted by atomic mass is 9.55. The maximum absolute atomic E-state index is 6.06. The second kappa shape index (κ2) is 7.98. The highest BCUT2D eigenvalue weighted by Gasteiger charge is 2.60. The van der Waals surface area contributed by atoms with Crippen LogP contribution >= 0.6 is 24.0 Å². The summed E-state index contributed by atoms with van der Waals surface area (Å²) in [6.07, 6.45) is 5.68. The molecular formula is C21H38IN3O2. The molecule has 2 N–H and O–H groups in total. The Bertz CT molecular complexity index is 522. The maximum Gasteiger partial charge on any atom is 0.191 e. The van der Waals surface area contributed by atoms with Gasteiger partial charge in [0.1, 0.15) is 0 Å². The van der Waals surface area contributed by atoms with Crippen LogP contribution in [0.15, 0.2) is 4.99 Å². The molecule has 0 bridgehead atoms. The van der Waals surface area contributed by atoms with Gasteiger partial charge in [-0.05, 0) is 32.6 Å². The number of fused-ring (bicyclic) bond motifs is 2. The number of halogens is 1. The zero-order valence-corrected chi connectivity index (χ0v) is 19.9. The average molecular weight is 491 g/mol. The lowest BCUT2D eigenvalue weighted by molar-refractivity contribution is -0.192. The van der Waals surface area contributed by atoms with E-state index in [2.05, 4.69) is 45.3 Å². The van der Waals surface area contributed by atoms with E-state index >= 15 is 0 Å². The van der Waals surface area contributed by atoms with Crippen molar-refractivity contribution < 1.29 is 9.47 Å². The molecule has 0 amide bonds. The third kappa shape index (κ3) is 3.52. The van der Waals surface area contributed by atoms with Gasteiger partial charge in [-0.25, -0.2) is 0 Å². The number of nitrogens with one attached hydrogen (secondary N) is 2. The summed E-state index contributed by atoms with van der Waals surface area (Å²) in [6, 6.07) is 0.874. The third-order valence-corrected chi connectivity index (χ3v) is 7.56. The topological polar surface area (TPSA) is 54.9 Å². The van der Waals surface area contributed by atoms with Gasteiger partial charge in [0, 0.05) is 54.5 Å². The molecule has 0 spiro atoms. The summed E-state index contributed by atoms with van der Waals surface area (Å²) in [5.74, 6) is 2.21. The number of hydrogen-bond acceptors (Lipinski definition) is 3. The summed E-state index contributed by atoms with van der Waals surface area (Å²) < 4.78 is 12.1. The van der Waals surface area contributed by atoms with Crippen molar-refractivity contribution in [2.24, 2.45) is 27.7 Å². The first-order valence-corrected chi connectivity index (χ1v) is 10.7. The van der Waals surface area contributed by atoms with Gasteiger partial charge in [-0.1, -0.05) is 27.7 Å². The molecule has 6 heteroatoms. The first-order valence-electron chi connectivity index (χ1n) is 10.7. The number of nitrogens with zero attached hydrogens (tertiary/aromatic N) is 1. The van der Waals surface area contributed by atoms with Crippen LogP contribution in [0.1, 0.15) is 60.3 Å². The minimum atomic E-state index is 0. The number of hydrogen-bond donors (Lipinski definition) is 2. The van der Waals surface area contributed by atoms with E-state index in [1.54, 1.807) is 0 Å². The van der Waals surface area contributed by atoms with Crippen LogP contribution in [-0.4, -0.2) is 50.0 Å². The molecule has 2 saturated carbocycles. The van der Waals surface area contributed by atoms with Crippen molar-refractivity contribution >= 4 is 29.9 Å². The summed E-state index contributed by atoms with van der Waals surface area (Å²) in [7, 11) is 0. The largest absolute Gasteiger partial charge is 0.377 e. The fourth-order valence-corrected chi connectivity index (χ4v) is 6.22. The molecule has 0 aromatic rings. The molecule has 156 valence electrons. The highest BCUT2D eigenvalue weighted by molar-refractivity contribution is 14.0. The Labute approximate surface area is 181 Å². The summed E-state index contributed by atoms with van der Waals surface area (Å²) in [6.45, 7) is 14.1. The molecule has 4 rings (SSSR count). The van der Waals surface area contributed by atoms with Crippen molar-refractivity contribution in [2.45, 2.75) is 84.6 Å². The van der Waals surface area contributed by atoms with Gasteiger partial charge in [-0.15, -0.1) is 24.0 Å². The minimum absolute atomic E-state index is 0. The Balaban J connectivity index is 0.00000210. The first-order chi connectivity index (χ1) is 12.4. The van der Waals surface area contributed by atoms with Crippen molar-refractivity contribution in [3.8, 4) is 0 Å². The van der Waals surface area contributed by atoms with Crippen molar-refractivity contribution in [3.05, 3.63) is 0 Å². The number of ether oxygens (including phenoxy) is 2. The predicted molar refractivity (Wildman–Crippen MR) is 120 cm³/mol. The van der Waals surface area contributed by atoms with Crippen molar-refractivity contribution in [2.75, 3.05) is 19.8 Å². The van der Waals surface area contributed by atoms with Gasteiger partial charge in [0.05, 0.1) is 12.2 Å². The van der Waals surface area contributed by atoms with Gasteiger partial charge in [-0.3, -0.25) is 4.99 Å². The van der Waals surface area contributed by atoms with Crippen LogP contribution in [0.5, 0.6) is 0 Å². The zero-order valence-electron chi connectivity index (χ0n) is 17.6. The minimum Gasteiger partial charge on any atom is -0.377 e. The molecule has 4 aliphatic rings. The Morgan fingerprint density at radius 2 is 1.33 bits per heavy atom. The molecule has 27 heavy (non-hydrogen) atoms. The van der Waals surface area contributed by atoms with Gasteiger partial charge in [-0.2, -0.15) is 0 Å². The smallest absolute Gasteiger partial charge is 0.191 e.